The summed E-state index contributed by atoms with van der Waals surface area (Å²) in [7, 11) is 0. The smallest absolute Gasteiger partial charge is 0.119 e. The molecule has 3 heteroatoms. The predicted octanol–water partition coefficient (Wildman–Crippen LogP) is 10.1. The maximum atomic E-state index is 9.51. The number of rotatable bonds is 20. The number of unbranched alkanes of at least 4 members (excludes halogenated alkanes) is 15. The Kier molecular flexibility index (Phi) is 15.9. The summed E-state index contributed by atoms with van der Waals surface area (Å²) in [5.41, 5.74) is 2.30. The number of nitriles is 1. The van der Waals surface area contributed by atoms with Crippen molar-refractivity contribution in [2.75, 3.05) is 6.61 Å². The highest BCUT2D eigenvalue weighted by Gasteiger charge is 2.00. The Hall–Kier alpha value is -2.73. The Morgan fingerprint density at radius 2 is 1.22 bits per heavy atom. The number of hydrogen-bond acceptors (Lipinski definition) is 3. The van der Waals surface area contributed by atoms with E-state index in [9.17, 15) is 10.4 Å². The van der Waals surface area contributed by atoms with E-state index in [1.165, 1.54) is 102 Å². The lowest BCUT2D eigenvalue weighted by Crippen LogP contribution is -1.97. The van der Waals surface area contributed by atoms with Gasteiger partial charge in [0.05, 0.1) is 18.2 Å². The van der Waals surface area contributed by atoms with E-state index in [4.69, 9.17) is 4.74 Å². The van der Waals surface area contributed by atoms with Crippen LogP contribution >= 0.6 is 0 Å². The first-order valence-corrected chi connectivity index (χ1v) is 14.4. The Labute approximate surface area is 220 Å². The standard InChI is InChI=1S/C33H47NO2/c1-2-3-4-5-6-7-8-9-10-11-12-13-14-15-16-17-26-36-33-24-19-29(20-25-33)18-21-30-22-23-32(35)27-31(30)28-34/h18-25,27,35H,2-17,26H2,1H3. The van der Waals surface area contributed by atoms with Crippen LogP contribution in [0.4, 0.5) is 0 Å². The fourth-order valence-corrected chi connectivity index (χ4v) is 4.49. The highest BCUT2D eigenvalue weighted by atomic mass is 16.5. The maximum Gasteiger partial charge on any atom is 0.119 e. The zero-order valence-corrected chi connectivity index (χ0v) is 22.5. The maximum absolute atomic E-state index is 9.51. The predicted molar refractivity (Wildman–Crippen MR) is 153 cm³/mol. The van der Waals surface area contributed by atoms with Crippen LogP contribution in [0.1, 0.15) is 126 Å². The van der Waals surface area contributed by atoms with E-state index in [1.54, 1.807) is 12.1 Å². The van der Waals surface area contributed by atoms with E-state index in [-0.39, 0.29) is 5.75 Å². The first-order valence-electron chi connectivity index (χ1n) is 14.4. The van der Waals surface area contributed by atoms with Gasteiger partial charge in [-0.1, -0.05) is 128 Å². The molecule has 2 rings (SSSR count). The SMILES string of the molecule is CCCCCCCCCCCCCCCCCCOc1ccc(C=Cc2ccc(O)cc2C#N)cc1. The van der Waals surface area contributed by atoms with E-state index < -0.39 is 0 Å². The number of hydrogen-bond donors (Lipinski definition) is 1. The second kappa shape index (κ2) is 19.5. The van der Waals surface area contributed by atoms with Crippen LogP contribution in [0.25, 0.3) is 12.2 Å². The van der Waals surface area contributed by atoms with Gasteiger partial charge < -0.3 is 9.84 Å². The van der Waals surface area contributed by atoms with Crippen molar-refractivity contribution in [3.05, 3.63) is 59.2 Å². The lowest BCUT2D eigenvalue weighted by molar-refractivity contribution is 0.304. The van der Waals surface area contributed by atoms with Gasteiger partial charge in [-0.2, -0.15) is 5.26 Å². The third-order valence-electron chi connectivity index (χ3n) is 6.76. The average Bonchev–Trinajstić information content (AvgIpc) is 2.90. The van der Waals surface area contributed by atoms with Gasteiger partial charge in [-0.05, 0) is 47.9 Å². The van der Waals surface area contributed by atoms with Crippen molar-refractivity contribution in [2.24, 2.45) is 0 Å². The third-order valence-corrected chi connectivity index (χ3v) is 6.76. The van der Waals surface area contributed by atoms with Crippen LogP contribution in [0.3, 0.4) is 0 Å². The summed E-state index contributed by atoms with van der Waals surface area (Å²) in [6.07, 6.45) is 25.9. The molecule has 0 aliphatic carbocycles. The van der Waals surface area contributed by atoms with Crippen molar-refractivity contribution in [1.29, 1.82) is 5.26 Å². The molecular formula is C33H47NO2. The van der Waals surface area contributed by atoms with Crippen molar-refractivity contribution >= 4 is 12.2 Å². The van der Waals surface area contributed by atoms with Crippen LogP contribution < -0.4 is 4.74 Å². The molecule has 1 N–H and O–H groups in total. The van der Waals surface area contributed by atoms with Gasteiger partial charge in [0, 0.05) is 0 Å². The molecule has 0 spiro atoms. The molecule has 3 nitrogen and oxygen atoms in total. The van der Waals surface area contributed by atoms with Crippen molar-refractivity contribution in [3.63, 3.8) is 0 Å². The van der Waals surface area contributed by atoms with E-state index in [0.29, 0.717) is 5.56 Å². The molecule has 36 heavy (non-hydrogen) atoms. The minimum atomic E-state index is 0.106. The summed E-state index contributed by atoms with van der Waals surface area (Å²) in [5, 5.41) is 18.7. The molecule has 0 radical (unpaired) electrons. The van der Waals surface area contributed by atoms with Gasteiger partial charge in [0.1, 0.15) is 11.5 Å². The number of phenols is 1. The summed E-state index contributed by atoms with van der Waals surface area (Å²) < 4.78 is 5.90. The Morgan fingerprint density at radius 3 is 1.75 bits per heavy atom. The summed E-state index contributed by atoms with van der Waals surface area (Å²) in [4.78, 5) is 0. The second-order valence-electron chi connectivity index (χ2n) is 9.94. The first-order chi connectivity index (χ1) is 17.7. The Bertz CT molecular complexity index is 895. The van der Waals surface area contributed by atoms with Crippen LogP contribution in [0.2, 0.25) is 0 Å². The quantitative estimate of drug-likeness (QED) is 0.149. The van der Waals surface area contributed by atoms with Crippen LogP contribution in [0.15, 0.2) is 42.5 Å². The highest BCUT2D eigenvalue weighted by molar-refractivity contribution is 5.73. The van der Waals surface area contributed by atoms with E-state index in [1.807, 2.05) is 36.4 Å². The fourth-order valence-electron chi connectivity index (χ4n) is 4.49. The topological polar surface area (TPSA) is 53.2 Å². The first kappa shape index (κ1) is 29.5. The third kappa shape index (κ3) is 13.4. The van der Waals surface area contributed by atoms with Crippen molar-refractivity contribution in [2.45, 2.75) is 110 Å². The summed E-state index contributed by atoms with van der Waals surface area (Å²) >= 11 is 0. The zero-order chi connectivity index (χ0) is 25.7. The second-order valence-corrected chi connectivity index (χ2v) is 9.94. The van der Waals surface area contributed by atoms with Crippen LogP contribution in [-0.2, 0) is 0 Å². The number of ether oxygens (including phenoxy) is 1. The van der Waals surface area contributed by atoms with Crippen LogP contribution in [0, 0.1) is 11.3 Å². The largest absolute Gasteiger partial charge is 0.508 e. The van der Waals surface area contributed by atoms with E-state index in [0.717, 1.165) is 29.9 Å². The molecule has 196 valence electrons. The van der Waals surface area contributed by atoms with Gasteiger partial charge in [-0.15, -0.1) is 0 Å². The summed E-state index contributed by atoms with van der Waals surface area (Å²) in [6.45, 7) is 3.05. The molecule has 0 saturated heterocycles. The zero-order valence-electron chi connectivity index (χ0n) is 22.5. The molecule has 0 aliphatic heterocycles. The number of nitrogens with zero attached hydrogens (tertiary/aromatic N) is 1. The van der Waals surface area contributed by atoms with Crippen LogP contribution in [0.5, 0.6) is 11.5 Å². The van der Waals surface area contributed by atoms with Crippen molar-refractivity contribution in [1.82, 2.24) is 0 Å². The van der Waals surface area contributed by atoms with Gasteiger partial charge in [-0.25, -0.2) is 0 Å². The normalized spacial score (nSPS) is 11.1. The molecule has 0 heterocycles. The molecule has 2 aromatic rings. The van der Waals surface area contributed by atoms with Crippen LogP contribution in [-0.4, -0.2) is 11.7 Å². The Morgan fingerprint density at radius 1 is 0.694 bits per heavy atom. The number of aromatic hydroxyl groups is 1. The molecule has 2 aromatic carbocycles. The minimum Gasteiger partial charge on any atom is -0.508 e. The molecule has 0 atom stereocenters. The molecular weight excluding hydrogens is 442 g/mol. The molecule has 0 aromatic heterocycles. The van der Waals surface area contributed by atoms with E-state index >= 15 is 0 Å². The monoisotopic (exact) mass is 489 g/mol. The number of phenolic OH excluding ortho intramolecular Hbond substituents is 1. The van der Waals surface area contributed by atoms with Gasteiger partial charge in [-0.3, -0.25) is 0 Å². The van der Waals surface area contributed by atoms with Gasteiger partial charge in [0.15, 0.2) is 0 Å². The molecule has 0 amide bonds. The molecule has 0 fully saturated rings. The average molecular weight is 490 g/mol. The van der Waals surface area contributed by atoms with Gasteiger partial charge in [0.2, 0.25) is 0 Å². The lowest BCUT2D eigenvalue weighted by atomic mass is 10.0. The highest BCUT2D eigenvalue weighted by Crippen LogP contribution is 2.20. The molecule has 0 aliphatic rings. The fraction of sp³-hybridized carbons (Fsp3) is 0.545. The number of benzene rings is 2. The van der Waals surface area contributed by atoms with Gasteiger partial charge >= 0.3 is 0 Å². The van der Waals surface area contributed by atoms with Crippen molar-refractivity contribution in [3.8, 4) is 17.6 Å². The van der Waals surface area contributed by atoms with Crippen molar-refractivity contribution < 1.29 is 9.84 Å². The van der Waals surface area contributed by atoms with E-state index in [2.05, 4.69) is 13.0 Å². The lowest BCUT2D eigenvalue weighted by Gasteiger charge is -2.07. The molecule has 0 saturated carbocycles. The molecule has 0 bridgehead atoms. The van der Waals surface area contributed by atoms with Gasteiger partial charge in [0.25, 0.3) is 0 Å². The minimum absolute atomic E-state index is 0.106. The molecule has 0 unspecified atom stereocenters. The summed E-state index contributed by atoms with van der Waals surface area (Å²) in [6, 6.07) is 15.0. The summed E-state index contributed by atoms with van der Waals surface area (Å²) in [5.74, 6) is 1.00. The Balaban J connectivity index is 1.45.